The summed E-state index contributed by atoms with van der Waals surface area (Å²) >= 11 is 0. The van der Waals surface area contributed by atoms with Gasteiger partial charge in [0.1, 0.15) is 11.6 Å². The summed E-state index contributed by atoms with van der Waals surface area (Å²) in [5.41, 5.74) is 3.23. The van der Waals surface area contributed by atoms with Crippen molar-refractivity contribution < 1.29 is 9.26 Å². The topological polar surface area (TPSA) is 85.1 Å². The molecule has 1 atom stereocenters. The number of aryl methyl sites for hydroxylation is 2. The minimum atomic E-state index is 0.364. The summed E-state index contributed by atoms with van der Waals surface area (Å²) in [5, 5.41) is 10.4. The maximum Gasteiger partial charge on any atom is 0.224 e. The first-order valence-corrected chi connectivity index (χ1v) is 8.47. The van der Waals surface area contributed by atoms with Gasteiger partial charge < -0.3 is 19.9 Å². The Labute approximate surface area is 142 Å². The Morgan fingerprint density at radius 3 is 2.83 bits per heavy atom. The molecule has 1 aliphatic heterocycles. The van der Waals surface area contributed by atoms with Crippen LogP contribution in [0.5, 0.6) is 0 Å². The fourth-order valence-corrected chi connectivity index (χ4v) is 2.99. The van der Waals surface area contributed by atoms with Crippen LogP contribution in [0.2, 0.25) is 0 Å². The highest BCUT2D eigenvalue weighted by atomic mass is 16.5. The first-order valence-electron chi connectivity index (χ1n) is 8.47. The Balaban J connectivity index is 1.59. The van der Waals surface area contributed by atoms with E-state index in [1.807, 2.05) is 27.0 Å². The first-order chi connectivity index (χ1) is 11.7. The van der Waals surface area contributed by atoms with Crippen LogP contribution in [0, 0.1) is 13.8 Å². The standard InChI is InChI=1S/C17H25N5O2/c1-11-14(12(2)24-22-11)5-4-7-19-16-9-15(13-6-8-23-10-13)20-17(18-3)21-16/h9,13H,4-8,10H2,1-3H3,(H2,18,19,20,21)/t13-/m0/s1. The molecule has 0 aromatic carbocycles. The van der Waals surface area contributed by atoms with Crippen molar-refractivity contribution in [1.29, 1.82) is 0 Å². The van der Waals surface area contributed by atoms with Crippen LogP contribution in [0.3, 0.4) is 0 Å². The van der Waals surface area contributed by atoms with E-state index in [1.54, 1.807) is 0 Å². The van der Waals surface area contributed by atoms with Crippen molar-refractivity contribution in [1.82, 2.24) is 15.1 Å². The third-order valence-corrected chi connectivity index (χ3v) is 4.41. The molecule has 7 heteroatoms. The monoisotopic (exact) mass is 331 g/mol. The van der Waals surface area contributed by atoms with Crippen molar-refractivity contribution in [3.05, 3.63) is 28.8 Å². The predicted octanol–water partition coefficient (Wildman–Crippen LogP) is 2.67. The molecule has 0 unspecified atom stereocenters. The lowest BCUT2D eigenvalue weighted by Gasteiger charge is -2.12. The zero-order valence-corrected chi connectivity index (χ0v) is 14.6. The van der Waals surface area contributed by atoms with Gasteiger partial charge in [-0.3, -0.25) is 0 Å². The van der Waals surface area contributed by atoms with Crippen molar-refractivity contribution in [2.45, 2.75) is 39.0 Å². The fourth-order valence-electron chi connectivity index (χ4n) is 2.99. The molecular formula is C17H25N5O2. The molecule has 0 aliphatic carbocycles. The molecule has 2 aromatic rings. The number of rotatable bonds is 7. The highest BCUT2D eigenvalue weighted by Gasteiger charge is 2.20. The van der Waals surface area contributed by atoms with Crippen LogP contribution < -0.4 is 10.6 Å². The van der Waals surface area contributed by atoms with Gasteiger partial charge in [-0.1, -0.05) is 5.16 Å². The minimum Gasteiger partial charge on any atom is -0.381 e. The van der Waals surface area contributed by atoms with Gasteiger partial charge in [0, 0.05) is 37.7 Å². The summed E-state index contributed by atoms with van der Waals surface area (Å²) in [5.74, 6) is 2.78. The summed E-state index contributed by atoms with van der Waals surface area (Å²) in [4.78, 5) is 9.05. The quantitative estimate of drug-likeness (QED) is 0.754. The van der Waals surface area contributed by atoms with E-state index < -0.39 is 0 Å². The van der Waals surface area contributed by atoms with Crippen LogP contribution in [-0.2, 0) is 11.2 Å². The van der Waals surface area contributed by atoms with E-state index in [0.29, 0.717) is 11.9 Å². The Kier molecular flexibility index (Phi) is 5.30. The van der Waals surface area contributed by atoms with Crippen LogP contribution >= 0.6 is 0 Å². The van der Waals surface area contributed by atoms with Crippen molar-refractivity contribution in [2.24, 2.45) is 0 Å². The maximum absolute atomic E-state index is 5.47. The van der Waals surface area contributed by atoms with Crippen molar-refractivity contribution in [3.8, 4) is 0 Å². The van der Waals surface area contributed by atoms with Gasteiger partial charge in [0.25, 0.3) is 0 Å². The summed E-state index contributed by atoms with van der Waals surface area (Å²) in [7, 11) is 1.84. The van der Waals surface area contributed by atoms with E-state index in [9.17, 15) is 0 Å². The second kappa shape index (κ2) is 7.61. The van der Waals surface area contributed by atoms with Gasteiger partial charge in [0.2, 0.25) is 5.95 Å². The fraction of sp³-hybridized carbons (Fsp3) is 0.588. The molecule has 7 nitrogen and oxygen atoms in total. The smallest absolute Gasteiger partial charge is 0.224 e. The molecule has 1 fully saturated rings. The van der Waals surface area contributed by atoms with Crippen molar-refractivity contribution in [2.75, 3.05) is 37.4 Å². The molecule has 0 spiro atoms. The average Bonchev–Trinajstić information content (AvgIpc) is 3.23. The third-order valence-electron chi connectivity index (χ3n) is 4.41. The van der Waals surface area contributed by atoms with Gasteiger partial charge in [0.15, 0.2) is 0 Å². The molecule has 24 heavy (non-hydrogen) atoms. The number of hydrogen-bond acceptors (Lipinski definition) is 7. The molecule has 2 N–H and O–H groups in total. The second-order valence-corrected chi connectivity index (χ2v) is 6.15. The van der Waals surface area contributed by atoms with E-state index in [-0.39, 0.29) is 0 Å². The lowest BCUT2D eigenvalue weighted by atomic mass is 10.0. The van der Waals surface area contributed by atoms with E-state index in [0.717, 1.165) is 62.0 Å². The number of ether oxygens (including phenoxy) is 1. The minimum absolute atomic E-state index is 0.364. The zero-order chi connectivity index (χ0) is 16.9. The lowest BCUT2D eigenvalue weighted by molar-refractivity contribution is 0.193. The number of nitrogens with one attached hydrogen (secondary N) is 2. The van der Waals surface area contributed by atoms with E-state index in [4.69, 9.17) is 9.26 Å². The van der Waals surface area contributed by atoms with Gasteiger partial charge >= 0.3 is 0 Å². The molecule has 0 bridgehead atoms. The Morgan fingerprint density at radius 2 is 2.17 bits per heavy atom. The molecule has 1 aliphatic rings. The molecular weight excluding hydrogens is 306 g/mol. The number of anilines is 2. The van der Waals surface area contributed by atoms with E-state index >= 15 is 0 Å². The van der Waals surface area contributed by atoms with Crippen LogP contribution in [0.25, 0.3) is 0 Å². The van der Waals surface area contributed by atoms with Crippen LogP contribution in [0.15, 0.2) is 10.6 Å². The van der Waals surface area contributed by atoms with Crippen LogP contribution in [-0.4, -0.2) is 41.9 Å². The van der Waals surface area contributed by atoms with Gasteiger partial charge in [-0.05, 0) is 33.1 Å². The van der Waals surface area contributed by atoms with Crippen molar-refractivity contribution in [3.63, 3.8) is 0 Å². The van der Waals surface area contributed by atoms with E-state index in [1.165, 1.54) is 5.56 Å². The first kappa shape index (κ1) is 16.7. The summed E-state index contributed by atoms with van der Waals surface area (Å²) in [6, 6.07) is 2.04. The van der Waals surface area contributed by atoms with Crippen molar-refractivity contribution >= 4 is 11.8 Å². The molecule has 2 aromatic heterocycles. The highest BCUT2D eigenvalue weighted by Crippen LogP contribution is 2.26. The Morgan fingerprint density at radius 1 is 1.29 bits per heavy atom. The molecule has 130 valence electrons. The molecule has 3 heterocycles. The van der Waals surface area contributed by atoms with Gasteiger partial charge in [-0.2, -0.15) is 4.98 Å². The van der Waals surface area contributed by atoms with Gasteiger partial charge in [-0.15, -0.1) is 0 Å². The largest absolute Gasteiger partial charge is 0.381 e. The normalized spacial score (nSPS) is 17.2. The summed E-state index contributed by atoms with van der Waals surface area (Å²) in [6.45, 7) is 6.33. The average molecular weight is 331 g/mol. The van der Waals surface area contributed by atoms with Crippen LogP contribution in [0.1, 0.15) is 41.5 Å². The Bertz CT molecular complexity index is 660. The summed E-state index contributed by atoms with van der Waals surface area (Å²) < 4.78 is 10.7. The molecule has 0 saturated carbocycles. The van der Waals surface area contributed by atoms with E-state index in [2.05, 4.69) is 25.8 Å². The summed E-state index contributed by atoms with van der Waals surface area (Å²) in [6.07, 6.45) is 2.96. The van der Waals surface area contributed by atoms with Crippen LogP contribution in [0.4, 0.5) is 11.8 Å². The molecule has 1 saturated heterocycles. The second-order valence-electron chi connectivity index (χ2n) is 6.15. The van der Waals surface area contributed by atoms with Gasteiger partial charge in [-0.25, -0.2) is 4.98 Å². The maximum atomic E-state index is 5.47. The zero-order valence-electron chi connectivity index (χ0n) is 14.6. The number of nitrogens with zero attached hydrogens (tertiary/aromatic N) is 3. The lowest BCUT2D eigenvalue weighted by Crippen LogP contribution is -2.10. The number of hydrogen-bond donors (Lipinski definition) is 2. The number of aromatic nitrogens is 3. The van der Waals surface area contributed by atoms with Gasteiger partial charge in [0.05, 0.1) is 18.0 Å². The molecule has 3 rings (SSSR count). The molecule has 0 amide bonds. The SMILES string of the molecule is CNc1nc(NCCCc2c(C)noc2C)cc([C@H]2CCOC2)n1. The Hall–Kier alpha value is -2.15. The highest BCUT2D eigenvalue weighted by molar-refractivity contribution is 5.43. The third kappa shape index (κ3) is 3.84. The predicted molar refractivity (Wildman–Crippen MR) is 92.5 cm³/mol. The molecule has 0 radical (unpaired) electrons.